The maximum atomic E-state index is 13.4. The Hall–Kier alpha value is -1.06. The van der Waals surface area contributed by atoms with E-state index in [-0.39, 0.29) is 10.9 Å². The lowest BCUT2D eigenvalue weighted by Crippen LogP contribution is -2.50. The highest BCUT2D eigenvalue weighted by molar-refractivity contribution is 7.89. The molecule has 4 rings (SSSR count). The first-order valence-electron chi connectivity index (χ1n) is 9.86. The number of rotatable bonds is 6. The maximum Gasteiger partial charge on any atom is 0.240 e. The molecule has 2 bridgehead atoms. The zero-order valence-electron chi connectivity index (χ0n) is 15.5. The van der Waals surface area contributed by atoms with Crippen LogP contribution in [0.5, 0.6) is 0 Å². The lowest BCUT2D eigenvalue weighted by atomic mass is 10.1. The van der Waals surface area contributed by atoms with Gasteiger partial charge in [-0.3, -0.25) is 4.90 Å². The molecule has 3 aliphatic heterocycles. The fraction of sp³-hybridized carbons (Fsp3) is 0.684. The predicted octanol–water partition coefficient (Wildman–Crippen LogP) is 1.43. The van der Waals surface area contributed by atoms with E-state index in [0.717, 1.165) is 51.6 Å². The molecule has 3 saturated heterocycles. The van der Waals surface area contributed by atoms with Crippen LogP contribution in [0.3, 0.4) is 0 Å². The highest BCUT2D eigenvalue weighted by Crippen LogP contribution is 2.26. The smallest absolute Gasteiger partial charge is 0.240 e. The molecule has 0 radical (unpaired) electrons. The molecule has 1 aromatic rings. The van der Waals surface area contributed by atoms with Crippen molar-refractivity contribution in [3.8, 4) is 0 Å². The SMILES string of the molecule is O=S(=O)(NC1CCCN(CCN2CC3CCC(C2)O3)C1)c1cccc(F)c1. The minimum absolute atomic E-state index is 0.0107. The summed E-state index contributed by atoms with van der Waals surface area (Å²) in [4.78, 5) is 4.80. The van der Waals surface area contributed by atoms with Gasteiger partial charge in [0.1, 0.15) is 5.82 Å². The van der Waals surface area contributed by atoms with Gasteiger partial charge in [0.25, 0.3) is 0 Å². The Morgan fingerprint density at radius 3 is 2.56 bits per heavy atom. The highest BCUT2D eigenvalue weighted by Gasteiger charge is 2.33. The summed E-state index contributed by atoms with van der Waals surface area (Å²) >= 11 is 0. The zero-order chi connectivity index (χ0) is 18.9. The summed E-state index contributed by atoms with van der Waals surface area (Å²) in [7, 11) is -3.69. The number of sulfonamides is 1. The van der Waals surface area contributed by atoms with Crippen molar-refractivity contribution < 1.29 is 17.5 Å². The lowest BCUT2D eigenvalue weighted by Gasteiger charge is -2.36. The number of ether oxygens (including phenoxy) is 1. The van der Waals surface area contributed by atoms with Gasteiger partial charge in [0.05, 0.1) is 17.1 Å². The van der Waals surface area contributed by atoms with Gasteiger partial charge in [-0.05, 0) is 50.4 Å². The quantitative estimate of drug-likeness (QED) is 0.787. The monoisotopic (exact) mass is 397 g/mol. The third kappa shape index (κ3) is 4.86. The van der Waals surface area contributed by atoms with Crippen LogP contribution in [0.4, 0.5) is 4.39 Å². The van der Waals surface area contributed by atoms with Gasteiger partial charge in [-0.2, -0.15) is 0 Å². The number of hydrogen-bond donors (Lipinski definition) is 1. The number of hydrogen-bond acceptors (Lipinski definition) is 5. The van der Waals surface area contributed by atoms with Crippen molar-refractivity contribution >= 4 is 10.0 Å². The number of benzene rings is 1. The van der Waals surface area contributed by atoms with Gasteiger partial charge in [-0.1, -0.05) is 6.07 Å². The van der Waals surface area contributed by atoms with E-state index in [9.17, 15) is 12.8 Å². The van der Waals surface area contributed by atoms with Crippen molar-refractivity contribution in [3.63, 3.8) is 0 Å². The summed E-state index contributed by atoms with van der Waals surface area (Å²) in [5.41, 5.74) is 0. The van der Waals surface area contributed by atoms with Gasteiger partial charge in [-0.25, -0.2) is 17.5 Å². The fourth-order valence-corrected chi connectivity index (χ4v) is 5.73. The van der Waals surface area contributed by atoms with E-state index < -0.39 is 15.8 Å². The van der Waals surface area contributed by atoms with Crippen molar-refractivity contribution in [1.29, 1.82) is 0 Å². The second-order valence-corrected chi connectivity index (χ2v) is 9.65. The Morgan fingerprint density at radius 1 is 1.07 bits per heavy atom. The van der Waals surface area contributed by atoms with Crippen LogP contribution in [0.15, 0.2) is 29.2 Å². The number of halogens is 1. The topological polar surface area (TPSA) is 61.9 Å². The van der Waals surface area contributed by atoms with Crippen LogP contribution in [-0.2, 0) is 14.8 Å². The number of nitrogens with zero attached hydrogens (tertiary/aromatic N) is 2. The Morgan fingerprint density at radius 2 is 1.81 bits per heavy atom. The molecule has 0 aliphatic carbocycles. The molecule has 0 spiro atoms. The first-order chi connectivity index (χ1) is 13.0. The van der Waals surface area contributed by atoms with Crippen LogP contribution >= 0.6 is 0 Å². The number of nitrogens with one attached hydrogen (secondary N) is 1. The van der Waals surface area contributed by atoms with E-state index in [1.807, 2.05) is 0 Å². The Labute approximate surface area is 160 Å². The molecule has 1 N–H and O–H groups in total. The van der Waals surface area contributed by atoms with Gasteiger partial charge >= 0.3 is 0 Å². The summed E-state index contributed by atoms with van der Waals surface area (Å²) in [5.74, 6) is -0.539. The molecule has 0 saturated carbocycles. The van der Waals surface area contributed by atoms with E-state index in [2.05, 4.69) is 14.5 Å². The average Bonchev–Trinajstić information content (AvgIpc) is 2.98. The summed E-state index contributed by atoms with van der Waals surface area (Å²) in [5, 5.41) is 0. The van der Waals surface area contributed by atoms with Crippen LogP contribution in [0.1, 0.15) is 25.7 Å². The van der Waals surface area contributed by atoms with Crippen molar-refractivity contribution in [2.75, 3.05) is 39.3 Å². The molecule has 3 fully saturated rings. The highest BCUT2D eigenvalue weighted by atomic mass is 32.2. The van der Waals surface area contributed by atoms with Gasteiger partial charge in [0.2, 0.25) is 10.0 Å². The first kappa shape index (κ1) is 19.3. The first-order valence-corrected chi connectivity index (χ1v) is 11.3. The number of piperidine rings is 1. The van der Waals surface area contributed by atoms with E-state index in [0.29, 0.717) is 18.8 Å². The molecule has 0 amide bonds. The maximum absolute atomic E-state index is 13.4. The average molecular weight is 398 g/mol. The molecule has 1 aromatic carbocycles. The second kappa shape index (κ2) is 8.13. The summed E-state index contributed by atoms with van der Waals surface area (Å²) < 4.78 is 47.1. The van der Waals surface area contributed by atoms with Crippen LogP contribution < -0.4 is 4.72 Å². The molecule has 8 heteroatoms. The largest absolute Gasteiger partial charge is 0.372 e. The molecule has 3 heterocycles. The molecule has 6 nitrogen and oxygen atoms in total. The molecular weight excluding hydrogens is 369 g/mol. The molecule has 0 aromatic heterocycles. The van der Waals surface area contributed by atoms with Gasteiger partial charge < -0.3 is 9.64 Å². The third-order valence-corrected chi connectivity index (χ3v) is 7.30. The summed E-state index contributed by atoms with van der Waals surface area (Å²) in [6, 6.07) is 5.04. The normalized spacial score (nSPS) is 29.9. The van der Waals surface area contributed by atoms with Crippen molar-refractivity contribution in [2.24, 2.45) is 0 Å². The van der Waals surface area contributed by atoms with E-state index in [4.69, 9.17) is 4.74 Å². The molecule has 3 aliphatic rings. The number of likely N-dealkylation sites (tertiary alicyclic amines) is 2. The minimum Gasteiger partial charge on any atom is -0.372 e. The van der Waals surface area contributed by atoms with E-state index >= 15 is 0 Å². The van der Waals surface area contributed by atoms with E-state index in [1.165, 1.54) is 31.0 Å². The van der Waals surface area contributed by atoms with Gasteiger partial charge in [-0.15, -0.1) is 0 Å². The van der Waals surface area contributed by atoms with Crippen molar-refractivity contribution in [3.05, 3.63) is 30.1 Å². The van der Waals surface area contributed by atoms with Gasteiger partial charge in [0, 0.05) is 38.8 Å². The van der Waals surface area contributed by atoms with Gasteiger partial charge in [0.15, 0.2) is 0 Å². The zero-order valence-corrected chi connectivity index (χ0v) is 16.3. The standard InChI is InChI=1S/C19H28FN3O3S/c20-15-3-1-5-19(11-15)27(24,25)21-16-4-2-8-22(12-16)9-10-23-13-17-6-7-18(14-23)26-17/h1,3,5,11,16-18,21H,2,4,6-10,12-14H2. The van der Waals surface area contributed by atoms with Crippen molar-refractivity contribution in [1.82, 2.24) is 14.5 Å². The second-order valence-electron chi connectivity index (χ2n) is 7.94. The van der Waals surface area contributed by atoms with Crippen molar-refractivity contribution in [2.45, 2.75) is 48.8 Å². The molecule has 150 valence electrons. The third-order valence-electron chi connectivity index (χ3n) is 5.79. The fourth-order valence-electron chi connectivity index (χ4n) is 4.44. The van der Waals surface area contributed by atoms with Crippen LogP contribution in [0.2, 0.25) is 0 Å². The summed E-state index contributed by atoms with van der Waals surface area (Å²) in [6.07, 6.45) is 4.92. The Balaban J connectivity index is 1.29. The lowest BCUT2D eigenvalue weighted by molar-refractivity contribution is -0.0406. The van der Waals surface area contributed by atoms with Crippen LogP contribution in [0, 0.1) is 5.82 Å². The van der Waals surface area contributed by atoms with E-state index in [1.54, 1.807) is 0 Å². The van der Waals surface area contributed by atoms with Crippen LogP contribution in [0.25, 0.3) is 0 Å². The number of fused-ring (bicyclic) bond motifs is 2. The molecule has 27 heavy (non-hydrogen) atoms. The molecule has 3 unspecified atom stereocenters. The summed E-state index contributed by atoms with van der Waals surface area (Å²) in [6.45, 7) is 5.67. The number of morpholine rings is 1. The van der Waals surface area contributed by atoms with Crippen LogP contribution in [-0.4, -0.2) is 75.7 Å². The Bertz CT molecular complexity index is 748. The predicted molar refractivity (Wildman–Crippen MR) is 101 cm³/mol. The minimum atomic E-state index is -3.69. The Kier molecular flexibility index (Phi) is 5.80. The molecule has 3 atom stereocenters. The molecular formula is C19H28FN3O3S.